The monoisotopic (exact) mass is 411 g/mol. The second-order valence-corrected chi connectivity index (χ2v) is 6.47. The summed E-state index contributed by atoms with van der Waals surface area (Å²) in [6.45, 7) is -0.386. The van der Waals surface area contributed by atoms with Gasteiger partial charge in [-0.2, -0.15) is 0 Å². The quantitative estimate of drug-likeness (QED) is 0.734. The Kier molecular flexibility index (Phi) is 5.50. The standard InChI is InChI=1S/C11H8BrCl2N3O3S/c12-5-1-6(13)10(7(14)2-5)17-8(3-18)15-16-11(17)21-4-9(19)20/h1-2,18H,3-4H2,(H,19,20). The Morgan fingerprint density at radius 2 is 1.95 bits per heavy atom. The molecular weight excluding hydrogens is 405 g/mol. The molecule has 21 heavy (non-hydrogen) atoms. The van der Waals surface area contributed by atoms with Crippen molar-refractivity contribution in [1.82, 2.24) is 14.8 Å². The van der Waals surface area contributed by atoms with E-state index < -0.39 is 5.97 Å². The van der Waals surface area contributed by atoms with Crippen molar-refractivity contribution in [3.8, 4) is 5.69 Å². The largest absolute Gasteiger partial charge is 0.481 e. The molecule has 0 unspecified atom stereocenters. The van der Waals surface area contributed by atoms with Crippen LogP contribution in [0.15, 0.2) is 21.8 Å². The maximum absolute atomic E-state index is 10.7. The summed E-state index contributed by atoms with van der Waals surface area (Å²) in [6, 6.07) is 3.27. The highest BCUT2D eigenvalue weighted by atomic mass is 79.9. The van der Waals surface area contributed by atoms with Crippen LogP contribution in [0.1, 0.15) is 5.82 Å². The van der Waals surface area contributed by atoms with Crippen LogP contribution in [0.4, 0.5) is 0 Å². The van der Waals surface area contributed by atoms with Gasteiger partial charge in [0.05, 0.1) is 21.5 Å². The summed E-state index contributed by atoms with van der Waals surface area (Å²) in [5, 5.41) is 26.7. The molecule has 0 bridgehead atoms. The van der Waals surface area contributed by atoms with Crippen LogP contribution in [-0.4, -0.2) is 36.7 Å². The summed E-state index contributed by atoms with van der Waals surface area (Å²) in [6.07, 6.45) is 0. The van der Waals surface area contributed by atoms with Crippen LogP contribution in [-0.2, 0) is 11.4 Å². The van der Waals surface area contributed by atoms with Crippen LogP contribution in [0.25, 0.3) is 5.69 Å². The lowest BCUT2D eigenvalue weighted by Crippen LogP contribution is -2.06. The van der Waals surface area contributed by atoms with Gasteiger partial charge in [0.2, 0.25) is 0 Å². The summed E-state index contributed by atoms with van der Waals surface area (Å²) in [5.41, 5.74) is 0.392. The first-order valence-corrected chi connectivity index (χ1v) is 8.02. The number of aliphatic hydroxyl groups excluding tert-OH is 1. The Morgan fingerprint density at radius 3 is 2.48 bits per heavy atom. The van der Waals surface area contributed by atoms with Gasteiger partial charge in [0.1, 0.15) is 6.61 Å². The molecule has 0 aliphatic carbocycles. The molecule has 0 fully saturated rings. The first kappa shape index (κ1) is 16.6. The zero-order valence-electron chi connectivity index (χ0n) is 10.3. The fraction of sp³-hybridized carbons (Fsp3) is 0.182. The molecule has 10 heteroatoms. The fourth-order valence-electron chi connectivity index (χ4n) is 1.60. The van der Waals surface area contributed by atoms with Crippen molar-refractivity contribution < 1.29 is 15.0 Å². The molecule has 0 saturated carbocycles. The Morgan fingerprint density at radius 1 is 1.33 bits per heavy atom. The van der Waals surface area contributed by atoms with Crippen LogP contribution < -0.4 is 0 Å². The van der Waals surface area contributed by atoms with Crippen molar-refractivity contribution in [3.63, 3.8) is 0 Å². The minimum absolute atomic E-state index is 0.199. The molecule has 0 aliphatic rings. The van der Waals surface area contributed by atoms with Crippen LogP contribution in [0, 0.1) is 0 Å². The number of aromatic nitrogens is 3. The lowest BCUT2D eigenvalue weighted by molar-refractivity contribution is -0.133. The molecule has 2 N–H and O–H groups in total. The van der Waals surface area contributed by atoms with Gasteiger partial charge in [0.25, 0.3) is 0 Å². The number of hydrogen-bond acceptors (Lipinski definition) is 5. The number of aliphatic carboxylic acids is 1. The molecule has 2 aromatic rings. The third-order valence-corrected chi connectivity index (χ3v) is 4.32. The SMILES string of the molecule is O=C(O)CSc1nnc(CO)n1-c1c(Cl)cc(Br)cc1Cl. The summed E-state index contributed by atoms with van der Waals surface area (Å²) < 4.78 is 2.14. The second-order valence-electron chi connectivity index (χ2n) is 3.79. The third-order valence-electron chi connectivity index (χ3n) is 2.37. The van der Waals surface area contributed by atoms with E-state index in [0.29, 0.717) is 20.2 Å². The number of carboxylic acid groups (broad SMARTS) is 1. The Bertz CT molecular complexity index is 672. The predicted octanol–water partition coefficient (Wildman–Crippen LogP) is 3.01. The van der Waals surface area contributed by atoms with Crippen molar-refractivity contribution >= 4 is 56.9 Å². The van der Waals surface area contributed by atoms with Gasteiger partial charge in [0.15, 0.2) is 11.0 Å². The number of hydrogen-bond donors (Lipinski definition) is 2. The van der Waals surface area contributed by atoms with E-state index in [2.05, 4.69) is 26.1 Å². The van der Waals surface area contributed by atoms with Crippen molar-refractivity contribution in [2.45, 2.75) is 11.8 Å². The maximum Gasteiger partial charge on any atom is 0.313 e. The first-order valence-electron chi connectivity index (χ1n) is 5.48. The molecule has 0 amide bonds. The minimum Gasteiger partial charge on any atom is -0.481 e. The fourth-order valence-corrected chi connectivity index (χ4v) is 3.65. The molecule has 1 heterocycles. The smallest absolute Gasteiger partial charge is 0.313 e. The first-order chi connectivity index (χ1) is 9.93. The van der Waals surface area contributed by atoms with Gasteiger partial charge in [-0.15, -0.1) is 10.2 Å². The van der Waals surface area contributed by atoms with E-state index >= 15 is 0 Å². The predicted molar refractivity (Wildman–Crippen MR) is 83.4 cm³/mol. The Labute approximate surface area is 142 Å². The lowest BCUT2D eigenvalue weighted by atomic mass is 10.3. The topological polar surface area (TPSA) is 88.2 Å². The number of benzene rings is 1. The molecule has 0 spiro atoms. The van der Waals surface area contributed by atoms with Gasteiger partial charge in [-0.05, 0) is 12.1 Å². The van der Waals surface area contributed by atoms with Gasteiger partial charge in [0, 0.05) is 4.47 Å². The average molecular weight is 413 g/mol. The van der Waals surface area contributed by atoms with Crippen molar-refractivity contribution in [1.29, 1.82) is 0 Å². The van der Waals surface area contributed by atoms with Gasteiger partial charge in [-0.3, -0.25) is 9.36 Å². The maximum atomic E-state index is 10.7. The Balaban J connectivity index is 2.56. The molecule has 112 valence electrons. The van der Waals surface area contributed by atoms with E-state index in [1.807, 2.05) is 0 Å². The molecule has 0 radical (unpaired) electrons. The zero-order valence-corrected chi connectivity index (χ0v) is 14.2. The zero-order chi connectivity index (χ0) is 15.6. The molecule has 1 aromatic heterocycles. The van der Waals surface area contributed by atoms with Gasteiger partial charge >= 0.3 is 5.97 Å². The number of carbonyl (C=O) groups is 1. The molecule has 2 rings (SSSR count). The number of thioether (sulfide) groups is 1. The summed E-state index contributed by atoms with van der Waals surface area (Å²) in [5.74, 6) is -0.975. The van der Waals surface area contributed by atoms with E-state index in [9.17, 15) is 9.90 Å². The number of aliphatic hydroxyl groups is 1. The number of nitrogens with zero attached hydrogens (tertiary/aromatic N) is 3. The van der Waals surface area contributed by atoms with E-state index in [0.717, 1.165) is 11.8 Å². The van der Waals surface area contributed by atoms with Gasteiger partial charge in [-0.25, -0.2) is 0 Å². The van der Waals surface area contributed by atoms with Gasteiger partial charge < -0.3 is 10.2 Å². The van der Waals surface area contributed by atoms with Crippen molar-refractivity contribution in [2.75, 3.05) is 5.75 Å². The van der Waals surface area contributed by atoms with Crippen LogP contribution in [0.5, 0.6) is 0 Å². The minimum atomic E-state index is -0.993. The average Bonchev–Trinajstić information content (AvgIpc) is 2.78. The Hall–Kier alpha value is -0.800. The molecule has 1 aromatic carbocycles. The number of halogens is 3. The molecule has 0 aliphatic heterocycles. The summed E-state index contributed by atoms with van der Waals surface area (Å²) >= 11 is 16.6. The molecule has 0 atom stereocenters. The second kappa shape index (κ2) is 6.97. The highest BCUT2D eigenvalue weighted by Gasteiger charge is 2.20. The van der Waals surface area contributed by atoms with Crippen LogP contribution >= 0.6 is 50.9 Å². The van der Waals surface area contributed by atoms with Crippen LogP contribution in [0.2, 0.25) is 10.0 Å². The van der Waals surface area contributed by atoms with E-state index in [1.54, 1.807) is 12.1 Å². The third kappa shape index (κ3) is 3.70. The van der Waals surface area contributed by atoms with Crippen molar-refractivity contribution in [2.24, 2.45) is 0 Å². The van der Waals surface area contributed by atoms with Crippen LogP contribution in [0.3, 0.4) is 0 Å². The number of carboxylic acids is 1. The van der Waals surface area contributed by atoms with E-state index in [1.165, 1.54) is 4.57 Å². The van der Waals surface area contributed by atoms with E-state index in [4.69, 9.17) is 28.3 Å². The number of rotatable bonds is 5. The summed E-state index contributed by atoms with van der Waals surface area (Å²) in [7, 11) is 0. The normalized spacial score (nSPS) is 10.9. The highest BCUT2D eigenvalue weighted by molar-refractivity contribution is 9.10. The highest BCUT2D eigenvalue weighted by Crippen LogP contribution is 2.35. The molecular formula is C11H8BrCl2N3O3S. The summed E-state index contributed by atoms with van der Waals surface area (Å²) in [4.78, 5) is 10.7. The van der Waals surface area contributed by atoms with E-state index in [-0.39, 0.29) is 23.3 Å². The van der Waals surface area contributed by atoms with Crippen molar-refractivity contribution in [3.05, 3.63) is 32.5 Å². The van der Waals surface area contributed by atoms with Gasteiger partial charge in [-0.1, -0.05) is 50.9 Å². The lowest BCUT2D eigenvalue weighted by Gasteiger charge is -2.12. The molecule has 0 saturated heterocycles. The molecule has 6 nitrogen and oxygen atoms in total.